The van der Waals surface area contributed by atoms with Gasteiger partial charge in [-0.1, -0.05) is 6.07 Å². The zero-order chi connectivity index (χ0) is 17.6. The standard InChI is InChI=1S/C17H17N5OS2/c1-22(2)17-19-8-12(9-20-17)5-6-15(23)18-10-13-11-25-16(21-13)14-4-3-7-24-14/h3-9,11H,10H2,1-2H3,(H,18,23). The fourth-order valence-corrected chi connectivity index (χ4v) is 3.59. The number of carbonyl (C=O) groups is 1. The molecule has 128 valence electrons. The number of anilines is 1. The molecule has 25 heavy (non-hydrogen) atoms. The summed E-state index contributed by atoms with van der Waals surface area (Å²) in [6.07, 6.45) is 6.52. The van der Waals surface area contributed by atoms with E-state index in [0.717, 1.165) is 21.1 Å². The van der Waals surface area contributed by atoms with Gasteiger partial charge in [-0.3, -0.25) is 4.79 Å². The summed E-state index contributed by atoms with van der Waals surface area (Å²) in [4.78, 5) is 27.8. The zero-order valence-corrected chi connectivity index (χ0v) is 15.5. The van der Waals surface area contributed by atoms with Crippen molar-refractivity contribution in [1.29, 1.82) is 0 Å². The Balaban J connectivity index is 1.52. The molecule has 8 heteroatoms. The summed E-state index contributed by atoms with van der Waals surface area (Å²) >= 11 is 3.24. The van der Waals surface area contributed by atoms with E-state index < -0.39 is 0 Å². The second-order valence-electron chi connectivity index (χ2n) is 5.38. The van der Waals surface area contributed by atoms with E-state index in [1.165, 1.54) is 6.08 Å². The van der Waals surface area contributed by atoms with Crippen molar-refractivity contribution < 1.29 is 4.79 Å². The Kier molecular flexibility index (Phi) is 5.52. The van der Waals surface area contributed by atoms with Crippen LogP contribution < -0.4 is 10.2 Å². The second-order valence-corrected chi connectivity index (χ2v) is 7.19. The molecule has 0 saturated heterocycles. The van der Waals surface area contributed by atoms with Gasteiger partial charge in [0.2, 0.25) is 11.9 Å². The van der Waals surface area contributed by atoms with Gasteiger partial charge < -0.3 is 10.2 Å². The van der Waals surface area contributed by atoms with Gasteiger partial charge in [-0.05, 0) is 17.5 Å². The monoisotopic (exact) mass is 371 g/mol. The normalized spacial score (nSPS) is 11.0. The SMILES string of the molecule is CN(C)c1ncc(C=CC(=O)NCc2csc(-c3cccs3)n2)cn1. The Labute approximate surface area is 153 Å². The minimum atomic E-state index is -0.178. The molecule has 0 fully saturated rings. The number of amides is 1. The highest BCUT2D eigenvalue weighted by atomic mass is 32.1. The van der Waals surface area contributed by atoms with Crippen LogP contribution in [-0.2, 0) is 11.3 Å². The molecule has 0 saturated carbocycles. The lowest BCUT2D eigenvalue weighted by Crippen LogP contribution is -2.20. The van der Waals surface area contributed by atoms with Crippen LogP contribution in [0.4, 0.5) is 5.95 Å². The van der Waals surface area contributed by atoms with Crippen LogP contribution in [-0.4, -0.2) is 35.0 Å². The van der Waals surface area contributed by atoms with Gasteiger partial charge in [-0.15, -0.1) is 22.7 Å². The predicted octanol–water partition coefficient (Wildman–Crippen LogP) is 3.06. The zero-order valence-electron chi connectivity index (χ0n) is 13.8. The summed E-state index contributed by atoms with van der Waals surface area (Å²) < 4.78 is 0. The molecule has 1 amide bonds. The quantitative estimate of drug-likeness (QED) is 0.674. The molecular formula is C17H17N5OS2. The van der Waals surface area contributed by atoms with E-state index in [4.69, 9.17) is 0 Å². The third kappa shape index (κ3) is 4.71. The smallest absolute Gasteiger partial charge is 0.244 e. The van der Waals surface area contributed by atoms with Crippen LogP contribution in [0.15, 0.2) is 41.4 Å². The number of carbonyl (C=O) groups excluding carboxylic acids is 1. The van der Waals surface area contributed by atoms with Crippen LogP contribution in [0.3, 0.4) is 0 Å². The van der Waals surface area contributed by atoms with E-state index in [1.807, 2.05) is 41.9 Å². The molecule has 3 aromatic heterocycles. The molecule has 0 aliphatic carbocycles. The number of aromatic nitrogens is 3. The maximum atomic E-state index is 11.9. The Morgan fingerprint density at radius 1 is 1.28 bits per heavy atom. The van der Waals surface area contributed by atoms with Crippen molar-refractivity contribution in [3.8, 4) is 9.88 Å². The van der Waals surface area contributed by atoms with Crippen molar-refractivity contribution in [1.82, 2.24) is 20.3 Å². The van der Waals surface area contributed by atoms with Crippen molar-refractivity contribution in [3.63, 3.8) is 0 Å². The van der Waals surface area contributed by atoms with E-state index in [0.29, 0.717) is 12.5 Å². The number of rotatable bonds is 6. The highest BCUT2D eigenvalue weighted by molar-refractivity contribution is 7.20. The Hall–Kier alpha value is -2.58. The minimum Gasteiger partial charge on any atom is -0.347 e. The number of thiazole rings is 1. The first kappa shape index (κ1) is 17.2. The van der Waals surface area contributed by atoms with E-state index >= 15 is 0 Å². The fourth-order valence-electron chi connectivity index (χ4n) is 1.96. The molecule has 0 aliphatic heterocycles. The highest BCUT2D eigenvalue weighted by Gasteiger charge is 2.06. The largest absolute Gasteiger partial charge is 0.347 e. The highest BCUT2D eigenvalue weighted by Crippen LogP contribution is 2.27. The summed E-state index contributed by atoms with van der Waals surface area (Å²) in [6.45, 7) is 0.404. The van der Waals surface area contributed by atoms with Gasteiger partial charge in [-0.25, -0.2) is 15.0 Å². The van der Waals surface area contributed by atoms with E-state index in [2.05, 4.69) is 20.3 Å². The molecule has 3 aromatic rings. The lowest BCUT2D eigenvalue weighted by molar-refractivity contribution is -0.116. The van der Waals surface area contributed by atoms with Crippen LogP contribution in [0.1, 0.15) is 11.3 Å². The number of nitrogens with zero attached hydrogens (tertiary/aromatic N) is 4. The molecule has 3 rings (SSSR count). The van der Waals surface area contributed by atoms with E-state index in [-0.39, 0.29) is 5.91 Å². The molecule has 0 aliphatic rings. The van der Waals surface area contributed by atoms with Crippen molar-refractivity contribution in [2.45, 2.75) is 6.54 Å². The van der Waals surface area contributed by atoms with Crippen molar-refractivity contribution in [3.05, 3.63) is 52.6 Å². The minimum absolute atomic E-state index is 0.178. The summed E-state index contributed by atoms with van der Waals surface area (Å²) in [5, 5.41) is 7.80. The average Bonchev–Trinajstić information content (AvgIpc) is 3.29. The van der Waals surface area contributed by atoms with Gasteiger partial charge in [0.05, 0.1) is 17.1 Å². The van der Waals surface area contributed by atoms with Crippen LogP contribution >= 0.6 is 22.7 Å². The maximum Gasteiger partial charge on any atom is 0.244 e. The molecular weight excluding hydrogens is 354 g/mol. The van der Waals surface area contributed by atoms with Gasteiger partial charge in [0.25, 0.3) is 0 Å². The van der Waals surface area contributed by atoms with Gasteiger partial charge in [0.1, 0.15) is 5.01 Å². The number of hydrogen-bond acceptors (Lipinski definition) is 7. The van der Waals surface area contributed by atoms with Crippen LogP contribution in [0.5, 0.6) is 0 Å². The Bertz CT molecular complexity index is 854. The molecule has 0 bridgehead atoms. The Morgan fingerprint density at radius 2 is 2.08 bits per heavy atom. The molecule has 0 atom stereocenters. The first-order valence-electron chi connectivity index (χ1n) is 7.55. The van der Waals surface area contributed by atoms with Crippen molar-refractivity contribution >= 4 is 40.6 Å². The molecule has 0 aromatic carbocycles. The van der Waals surface area contributed by atoms with Gasteiger partial charge in [0.15, 0.2) is 0 Å². The molecule has 6 nitrogen and oxygen atoms in total. The second kappa shape index (κ2) is 8.00. The Morgan fingerprint density at radius 3 is 2.76 bits per heavy atom. The summed E-state index contributed by atoms with van der Waals surface area (Å²) in [7, 11) is 3.75. The average molecular weight is 371 g/mol. The summed E-state index contributed by atoms with van der Waals surface area (Å²) in [5.41, 5.74) is 1.63. The lowest BCUT2D eigenvalue weighted by Gasteiger charge is -2.08. The summed E-state index contributed by atoms with van der Waals surface area (Å²) in [5.74, 6) is 0.453. The number of thiophene rings is 1. The van der Waals surface area contributed by atoms with Crippen LogP contribution in [0.25, 0.3) is 16.0 Å². The molecule has 3 heterocycles. The van der Waals surface area contributed by atoms with Gasteiger partial charge >= 0.3 is 0 Å². The molecule has 0 unspecified atom stereocenters. The molecule has 0 radical (unpaired) electrons. The van der Waals surface area contributed by atoms with E-state index in [9.17, 15) is 4.79 Å². The first-order chi connectivity index (χ1) is 12.1. The number of hydrogen-bond donors (Lipinski definition) is 1. The van der Waals surface area contributed by atoms with Crippen LogP contribution in [0, 0.1) is 0 Å². The fraction of sp³-hybridized carbons (Fsp3) is 0.176. The van der Waals surface area contributed by atoms with Gasteiger partial charge in [-0.2, -0.15) is 0 Å². The van der Waals surface area contributed by atoms with E-state index in [1.54, 1.807) is 41.1 Å². The third-order valence-corrected chi connectivity index (χ3v) is 5.14. The van der Waals surface area contributed by atoms with Crippen molar-refractivity contribution in [2.75, 3.05) is 19.0 Å². The molecule has 0 spiro atoms. The third-order valence-electron chi connectivity index (χ3n) is 3.21. The van der Waals surface area contributed by atoms with Crippen molar-refractivity contribution in [2.24, 2.45) is 0 Å². The van der Waals surface area contributed by atoms with Gasteiger partial charge in [0, 0.05) is 43.5 Å². The topological polar surface area (TPSA) is 71.0 Å². The first-order valence-corrected chi connectivity index (χ1v) is 9.31. The molecule has 1 N–H and O–H groups in total. The summed E-state index contributed by atoms with van der Waals surface area (Å²) in [6, 6.07) is 4.04. The lowest BCUT2D eigenvalue weighted by atomic mass is 10.3. The van der Waals surface area contributed by atoms with Crippen LogP contribution in [0.2, 0.25) is 0 Å². The maximum absolute atomic E-state index is 11.9. The number of nitrogens with one attached hydrogen (secondary N) is 1. The predicted molar refractivity (Wildman–Crippen MR) is 103 cm³/mol.